The molecule has 0 aliphatic carbocycles. The normalized spacial score (nSPS) is 11.5. The van der Waals surface area contributed by atoms with E-state index in [4.69, 9.17) is 4.74 Å². The zero-order valence-electron chi connectivity index (χ0n) is 10.8. The van der Waals surface area contributed by atoms with E-state index in [1.54, 1.807) is 7.11 Å². The summed E-state index contributed by atoms with van der Waals surface area (Å²) in [6.45, 7) is 7.65. The number of hydrogen-bond donors (Lipinski definition) is 1. The molecule has 0 aliphatic rings. The van der Waals surface area contributed by atoms with Crippen molar-refractivity contribution in [1.29, 1.82) is 0 Å². The molecule has 2 nitrogen and oxygen atoms in total. The monoisotopic (exact) mass is 221 g/mol. The molecule has 2 heteroatoms. The molecule has 1 aromatic carbocycles. The zero-order chi connectivity index (χ0) is 12.0. The van der Waals surface area contributed by atoms with Crippen molar-refractivity contribution in [2.45, 2.75) is 39.2 Å². The molecular formula is C14H23NO. The highest BCUT2D eigenvalue weighted by Gasteiger charge is 2.07. The highest BCUT2D eigenvalue weighted by atomic mass is 16.5. The van der Waals surface area contributed by atoms with Gasteiger partial charge < -0.3 is 10.1 Å². The predicted molar refractivity (Wildman–Crippen MR) is 69.1 cm³/mol. The van der Waals surface area contributed by atoms with Crippen LogP contribution in [-0.2, 0) is 6.42 Å². The van der Waals surface area contributed by atoms with Gasteiger partial charge >= 0.3 is 0 Å². The number of aryl methyl sites for hydroxylation is 1. The molecule has 0 unspecified atom stereocenters. The van der Waals surface area contributed by atoms with Crippen molar-refractivity contribution in [2.75, 3.05) is 13.7 Å². The lowest BCUT2D eigenvalue weighted by Crippen LogP contribution is -2.36. The highest BCUT2D eigenvalue weighted by Crippen LogP contribution is 2.12. The van der Waals surface area contributed by atoms with E-state index < -0.39 is 0 Å². The van der Waals surface area contributed by atoms with Crippen LogP contribution in [0.4, 0.5) is 0 Å². The van der Waals surface area contributed by atoms with Crippen LogP contribution in [0.2, 0.25) is 0 Å². The van der Waals surface area contributed by atoms with Gasteiger partial charge in [0.05, 0.1) is 7.11 Å². The third-order valence-electron chi connectivity index (χ3n) is 2.46. The van der Waals surface area contributed by atoms with E-state index in [9.17, 15) is 0 Å². The lowest BCUT2D eigenvalue weighted by atomic mass is 10.1. The minimum absolute atomic E-state index is 0.222. The van der Waals surface area contributed by atoms with Crippen LogP contribution in [0.15, 0.2) is 24.3 Å². The third-order valence-corrected chi connectivity index (χ3v) is 2.46. The molecule has 0 amide bonds. The summed E-state index contributed by atoms with van der Waals surface area (Å²) in [5, 5.41) is 3.49. The summed E-state index contributed by atoms with van der Waals surface area (Å²) < 4.78 is 5.13. The standard InChI is InChI=1S/C14H23NO/c1-14(2,3)15-11-5-6-12-7-9-13(16-4)10-8-12/h7-10,15H,5-6,11H2,1-4H3. The Morgan fingerprint density at radius 3 is 2.25 bits per heavy atom. The summed E-state index contributed by atoms with van der Waals surface area (Å²) >= 11 is 0. The van der Waals surface area contributed by atoms with Crippen LogP contribution >= 0.6 is 0 Å². The van der Waals surface area contributed by atoms with Crippen molar-refractivity contribution in [3.05, 3.63) is 29.8 Å². The van der Waals surface area contributed by atoms with Gasteiger partial charge in [0.2, 0.25) is 0 Å². The molecule has 0 heterocycles. The van der Waals surface area contributed by atoms with E-state index in [1.165, 1.54) is 12.0 Å². The average molecular weight is 221 g/mol. The number of hydrogen-bond acceptors (Lipinski definition) is 2. The number of nitrogens with one attached hydrogen (secondary N) is 1. The topological polar surface area (TPSA) is 21.3 Å². The fourth-order valence-electron chi connectivity index (χ4n) is 1.55. The molecule has 0 fully saturated rings. The van der Waals surface area contributed by atoms with Gasteiger partial charge in [-0.05, 0) is 57.9 Å². The maximum Gasteiger partial charge on any atom is 0.118 e. The van der Waals surface area contributed by atoms with E-state index in [0.29, 0.717) is 0 Å². The molecule has 0 radical (unpaired) electrons. The van der Waals surface area contributed by atoms with Gasteiger partial charge in [0, 0.05) is 5.54 Å². The molecular weight excluding hydrogens is 198 g/mol. The van der Waals surface area contributed by atoms with Crippen molar-refractivity contribution < 1.29 is 4.74 Å². The minimum atomic E-state index is 0.222. The second-order valence-electron chi connectivity index (χ2n) is 5.13. The van der Waals surface area contributed by atoms with Crippen molar-refractivity contribution >= 4 is 0 Å². The van der Waals surface area contributed by atoms with Crippen molar-refractivity contribution in [1.82, 2.24) is 5.32 Å². The first-order valence-electron chi connectivity index (χ1n) is 5.89. The van der Waals surface area contributed by atoms with Crippen LogP contribution in [0.5, 0.6) is 5.75 Å². The van der Waals surface area contributed by atoms with Crippen LogP contribution in [0, 0.1) is 0 Å². The molecule has 0 bridgehead atoms. The fraction of sp³-hybridized carbons (Fsp3) is 0.571. The highest BCUT2D eigenvalue weighted by molar-refractivity contribution is 5.27. The first kappa shape index (κ1) is 13.0. The molecule has 0 saturated carbocycles. The van der Waals surface area contributed by atoms with Crippen LogP contribution in [0.3, 0.4) is 0 Å². The minimum Gasteiger partial charge on any atom is -0.497 e. The molecule has 90 valence electrons. The molecule has 1 rings (SSSR count). The number of rotatable bonds is 5. The van der Waals surface area contributed by atoms with E-state index in [0.717, 1.165) is 18.7 Å². The van der Waals surface area contributed by atoms with Gasteiger partial charge in [0.15, 0.2) is 0 Å². The van der Waals surface area contributed by atoms with Crippen LogP contribution in [0.25, 0.3) is 0 Å². The summed E-state index contributed by atoms with van der Waals surface area (Å²) in [7, 11) is 1.70. The van der Waals surface area contributed by atoms with Gasteiger partial charge in [0.25, 0.3) is 0 Å². The van der Waals surface area contributed by atoms with E-state index >= 15 is 0 Å². The van der Waals surface area contributed by atoms with Crippen LogP contribution in [-0.4, -0.2) is 19.2 Å². The summed E-state index contributed by atoms with van der Waals surface area (Å²) in [6, 6.07) is 8.31. The molecule has 0 spiro atoms. The molecule has 0 atom stereocenters. The Bertz CT molecular complexity index is 298. The first-order valence-corrected chi connectivity index (χ1v) is 5.89. The number of methoxy groups -OCH3 is 1. The summed E-state index contributed by atoms with van der Waals surface area (Å²) in [5.74, 6) is 0.927. The fourth-order valence-corrected chi connectivity index (χ4v) is 1.55. The average Bonchev–Trinajstić information content (AvgIpc) is 2.24. The molecule has 0 aliphatic heterocycles. The van der Waals surface area contributed by atoms with Crippen molar-refractivity contribution in [2.24, 2.45) is 0 Å². The number of benzene rings is 1. The smallest absolute Gasteiger partial charge is 0.118 e. The summed E-state index contributed by atoms with van der Waals surface area (Å²) in [4.78, 5) is 0. The molecule has 0 aromatic heterocycles. The zero-order valence-corrected chi connectivity index (χ0v) is 10.8. The maximum atomic E-state index is 5.13. The lowest BCUT2D eigenvalue weighted by Gasteiger charge is -2.20. The molecule has 16 heavy (non-hydrogen) atoms. The SMILES string of the molecule is COc1ccc(CCCNC(C)(C)C)cc1. The maximum absolute atomic E-state index is 5.13. The Balaban J connectivity index is 2.27. The Labute approximate surface area is 99.0 Å². The van der Waals surface area contributed by atoms with E-state index in [2.05, 4.69) is 38.2 Å². The Morgan fingerprint density at radius 2 is 1.75 bits per heavy atom. The van der Waals surface area contributed by atoms with E-state index in [-0.39, 0.29) is 5.54 Å². The van der Waals surface area contributed by atoms with Crippen molar-refractivity contribution in [3.63, 3.8) is 0 Å². The predicted octanol–water partition coefficient (Wildman–Crippen LogP) is 3.02. The Hall–Kier alpha value is -1.02. The van der Waals surface area contributed by atoms with E-state index in [1.807, 2.05) is 12.1 Å². The van der Waals surface area contributed by atoms with Gasteiger partial charge in [-0.15, -0.1) is 0 Å². The Morgan fingerprint density at radius 1 is 1.12 bits per heavy atom. The van der Waals surface area contributed by atoms with Gasteiger partial charge in [-0.3, -0.25) is 0 Å². The summed E-state index contributed by atoms with van der Waals surface area (Å²) in [5.41, 5.74) is 1.59. The lowest BCUT2D eigenvalue weighted by molar-refractivity contribution is 0.414. The van der Waals surface area contributed by atoms with Gasteiger partial charge in [-0.1, -0.05) is 12.1 Å². The first-order chi connectivity index (χ1) is 7.51. The quantitative estimate of drug-likeness (QED) is 0.772. The van der Waals surface area contributed by atoms with Gasteiger partial charge in [0.1, 0.15) is 5.75 Å². The third kappa shape index (κ3) is 5.17. The van der Waals surface area contributed by atoms with Crippen molar-refractivity contribution in [3.8, 4) is 5.75 Å². The van der Waals surface area contributed by atoms with Gasteiger partial charge in [-0.2, -0.15) is 0 Å². The second-order valence-corrected chi connectivity index (χ2v) is 5.13. The number of ether oxygens (including phenoxy) is 1. The van der Waals surface area contributed by atoms with Gasteiger partial charge in [-0.25, -0.2) is 0 Å². The summed E-state index contributed by atoms with van der Waals surface area (Å²) in [6.07, 6.45) is 2.29. The largest absolute Gasteiger partial charge is 0.497 e. The van der Waals surface area contributed by atoms with Crippen LogP contribution < -0.4 is 10.1 Å². The Kier molecular flexibility index (Phi) is 4.81. The molecule has 1 aromatic rings. The van der Waals surface area contributed by atoms with Crippen LogP contribution in [0.1, 0.15) is 32.8 Å². The molecule has 1 N–H and O–H groups in total. The molecule has 0 saturated heterocycles. The second kappa shape index (κ2) is 5.90.